The van der Waals surface area contributed by atoms with Gasteiger partial charge in [-0.05, 0) is 12.5 Å². The summed E-state index contributed by atoms with van der Waals surface area (Å²) < 4.78 is 11.1. The van der Waals surface area contributed by atoms with Gasteiger partial charge in [-0.3, -0.25) is 0 Å². The highest BCUT2D eigenvalue weighted by atomic mass is 16.5. The second kappa shape index (κ2) is 6.29. The number of aliphatic hydroxyl groups excluding tert-OH is 1. The van der Waals surface area contributed by atoms with Gasteiger partial charge in [-0.1, -0.05) is 30.3 Å². The van der Waals surface area contributed by atoms with E-state index in [2.05, 4.69) is 5.32 Å². The van der Waals surface area contributed by atoms with E-state index in [1.54, 1.807) is 0 Å². The molecule has 1 aliphatic heterocycles. The Morgan fingerprint density at radius 1 is 1.28 bits per heavy atom. The van der Waals surface area contributed by atoms with Gasteiger partial charge in [0.1, 0.15) is 6.10 Å². The summed E-state index contributed by atoms with van der Waals surface area (Å²) in [5.74, 6) is 0. The molecule has 18 heavy (non-hydrogen) atoms. The van der Waals surface area contributed by atoms with Crippen LogP contribution in [0.2, 0.25) is 0 Å². The quantitative estimate of drug-likeness (QED) is 0.757. The smallest absolute Gasteiger partial charge is 0.101 e. The van der Waals surface area contributed by atoms with Crippen LogP contribution in [0.1, 0.15) is 12.5 Å². The maximum atomic E-state index is 9.74. The van der Waals surface area contributed by atoms with Gasteiger partial charge in [0.05, 0.1) is 25.4 Å². The Hall–Kier alpha value is -0.940. The molecule has 1 heterocycles. The molecule has 2 rings (SSSR count). The summed E-state index contributed by atoms with van der Waals surface area (Å²) in [6, 6.07) is 9.93. The molecule has 0 bridgehead atoms. The molecule has 1 fully saturated rings. The van der Waals surface area contributed by atoms with Crippen molar-refractivity contribution in [3.05, 3.63) is 35.9 Å². The van der Waals surface area contributed by atoms with E-state index in [1.807, 2.05) is 37.3 Å². The zero-order valence-corrected chi connectivity index (χ0v) is 10.8. The van der Waals surface area contributed by atoms with Crippen molar-refractivity contribution in [2.24, 2.45) is 0 Å². The fourth-order valence-corrected chi connectivity index (χ4v) is 1.81. The normalized spacial score (nSPS) is 19.2. The van der Waals surface area contributed by atoms with E-state index in [0.717, 1.165) is 18.7 Å². The summed E-state index contributed by atoms with van der Waals surface area (Å²) in [5, 5.41) is 12.9. The summed E-state index contributed by atoms with van der Waals surface area (Å²) in [5.41, 5.74) is 1.00. The summed E-state index contributed by atoms with van der Waals surface area (Å²) in [4.78, 5) is 0. The SMILES string of the molecule is CC1(OCC(O)COCc2ccccc2)CNC1. The van der Waals surface area contributed by atoms with E-state index in [-0.39, 0.29) is 5.60 Å². The molecule has 1 aliphatic rings. The third-order valence-electron chi connectivity index (χ3n) is 3.04. The van der Waals surface area contributed by atoms with Gasteiger partial charge >= 0.3 is 0 Å². The predicted octanol–water partition coefficient (Wildman–Crippen LogP) is 0.943. The molecule has 1 atom stereocenters. The van der Waals surface area contributed by atoms with E-state index >= 15 is 0 Å². The fraction of sp³-hybridized carbons (Fsp3) is 0.571. The van der Waals surface area contributed by atoms with E-state index in [9.17, 15) is 5.11 Å². The van der Waals surface area contributed by atoms with Gasteiger partial charge in [0, 0.05) is 13.1 Å². The second-order valence-electron chi connectivity index (χ2n) is 5.02. The van der Waals surface area contributed by atoms with Gasteiger partial charge in [0.15, 0.2) is 0 Å². The highest BCUT2D eigenvalue weighted by Crippen LogP contribution is 2.15. The van der Waals surface area contributed by atoms with Crippen molar-refractivity contribution in [1.29, 1.82) is 0 Å². The maximum absolute atomic E-state index is 9.74. The monoisotopic (exact) mass is 251 g/mol. The first kappa shape index (κ1) is 13.5. The van der Waals surface area contributed by atoms with E-state index < -0.39 is 6.10 Å². The molecule has 1 aromatic carbocycles. The molecular weight excluding hydrogens is 230 g/mol. The number of aliphatic hydroxyl groups is 1. The van der Waals surface area contributed by atoms with Crippen molar-refractivity contribution in [3.8, 4) is 0 Å². The van der Waals surface area contributed by atoms with Crippen molar-refractivity contribution in [2.75, 3.05) is 26.3 Å². The maximum Gasteiger partial charge on any atom is 0.101 e. The second-order valence-corrected chi connectivity index (χ2v) is 5.02. The van der Waals surface area contributed by atoms with Gasteiger partial charge in [-0.15, -0.1) is 0 Å². The van der Waals surface area contributed by atoms with Crippen LogP contribution in [0.3, 0.4) is 0 Å². The molecule has 0 amide bonds. The van der Waals surface area contributed by atoms with Crippen LogP contribution >= 0.6 is 0 Å². The average Bonchev–Trinajstić information content (AvgIpc) is 2.35. The standard InChI is InChI=1S/C14H21NO3/c1-14(10-15-11-14)18-9-13(16)8-17-7-12-5-3-2-4-6-12/h2-6,13,15-16H,7-11H2,1H3. The molecule has 1 saturated heterocycles. The average molecular weight is 251 g/mol. The van der Waals surface area contributed by atoms with Crippen LogP contribution in [0.5, 0.6) is 0 Å². The molecule has 0 aromatic heterocycles. The summed E-state index contributed by atoms with van der Waals surface area (Å²) in [6.45, 7) is 4.90. The lowest BCUT2D eigenvalue weighted by atomic mass is 10.0. The van der Waals surface area contributed by atoms with E-state index in [0.29, 0.717) is 19.8 Å². The minimum absolute atomic E-state index is 0.111. The van der Waals surface area contributed by atoms with Gasteiger partial charge in [-0.25, -0.2) is 0 Å². The minimum Gasteiger partial charge on any atom is -0.388 e. The highest BCUT2D eigenvalue weighted by Gasteiger charge is 2.32. The number of rotatable bonds is 7. The van der Waals surface area contributed by atoms with Crippen molar-refractivity contribution < 1.29 is 14.6 Å². The van der Waals surface area contributed by atoms with Crippen molar-refractivity contribution >= 4 is 0 Å². The van der Waals surface area contributed by atoms with Crippen molar-refractivity contribution in [2.45, 2.75) is 25.2 Å². The Morgan fingerprint density at radius 2 is 2.00 bits per heavy atom. The molecule has 2 N–H and O–H groups in total. The Bertz CT molecular complexity index is 351. The van der Waals surface area contributed by atoms with Crippen molar-refractivity contribution in [3.63, 3.8) is 0 Å². The molecule has 0 aliphatic carbocycles. The Kier molecular flexibility index (Phi) is 4.72. The number of hydrogen-bond donors (Lipinski definition) is 2. The highest BCUT2D eigenvalue weighted by molar-refractivity contribution is 5.13. The third kappa shape index (κ3) is 4.07. The van der Waals surface area contributed by atoms with Gasteiger partial charge in [0.2, 0.25) is 0 Å². The largest absolute Gasteiger partial charge is 0.388 e. The Labute approximate surface area is 108 Å². The molecule has 4 nitrogen and oxygen atoms in total. The lowest BCUT2D eigenvalue weighted by Gasteiger charge is -2.39. The first-order valence-corrected chi connectivity index (χ1v) is 6.32. The van der Waals surface area contributed by atoms with Crippen LogP contribution < -0.4 is 5.32 Å². The molecule has 0 spiro atoms. The Balaban J connectivity index is 1.58. The first-order chi connectivity index (χ1) is 8.68. The van der Waals surface area contributed by atoms with Crippen LogP contribution in [-0.2, 0) is 16.1 Å². The van der Waals surface area contributed by atoms with Crippen LogP contribution in [0, 0.1) is 0 Å². The zero-order valence-electron chi connectivity index (χ0n) is 10.8. The minimum atomic E-state index is -0.564. The first-order valence-electron chi connectivity index (χ1n) is 6.32. The van der Waals surface area contributed by atoms with Gasteiger partial charge < -0.3 is 19.9 Å². The van der Waals surface area contributed by atoms with Crippen LogP contribution in [0.15, 0.2) is 30.3 Å². The summed E-state index contributed by atoms with van der Waals surface area (Å²) in [7, 11) is 0. The topological polar surface area (TPSA) is 50.7 Å². The molecule has 100 valence electrons. The molecule has 4 heteroatoms. The third-order valence-corrected chi connectivity index (χ3v) is 3.04. The van der Waals surface area contributed by atoms with Crippen molar-refractivity contribution in [1.82, 2.24) is 5.32 Å². The van der Waals surface area contributed by atoms with Crippen LogP contribution in [0.25, 0.3) is 0 Å². The molecule has 0 radical (unpaired) electrons. The summed E-state index contributed by atoms with van der Waals surface area (Å²) in [6.07, 6.45) is -0.564. The summed E-state index contributed by atoms with van der Waals surface area (Å²) >= 11 is 0. The molecule has 1 unspecified atom stereocenters. The number of ether oxygens (including phenoxy) is 2. The lowest BCUT2D eigenvalue weighted by Crippen LogP contribution is -2.59. The molecule has 1 aromatic rings. The van der Waals surface area contributed by atoms with Gasteiger partial charge in [-0.2, -0.15) is 0 Å². The molecular formula is C14H21NO3. The number of benzene rings is 1. The lowest BCUT2D eigenvalue weighted by molar-refractivity contribution is -0.109. The number of hydrogen-bond acceptors (Lipinski definition) is 4. The predicted molar refractivity (Wildman–Crippen MR) is 69.3 cm³/mol. The Morgan fingerprint density at radius 3 is 2.61 bits per heavy atom. The van der Waals surface area contributed by atoms with Crippen LogP contribution in [0.4, 0.5) is 0 Å². The van der Waals surface area contributed by atoms with E-state index in [4.69, 9.17) is 9.47 Å². The van der Waals surface area contributed by atoms with Crippen LogP contribution in [-0.4, -0.2) is 43.1 Å². The zero-order chi connectivity index (χ0) is 12.8. The van der Waals surface area contributed by atoms with E-state index in [1.165, 1.54) is 0 Å². The van der Waals surface area contributed by atoms with Gasteiger partial charge in [0.25, 0.3) is 0 Å². The number of nitrogens with one attached hydrogen (secondary N) is 1. The molecule has 0 saturated carbocycles. The fourth-order valence-electron chi connectivity index (χ4n) is 1.81.